The number of nitrogens with one attached hydrogen (secondary N) is 1. The third-order valence-electron chi connectivity index (χ3n) is 2.94. The van der Waals surface area contributed by atoms with Gasteiger partial charge in [0.1, 0.15) is 0 Å². The van der Waals surface area contributed by atoms with Gasteiger partial charge in [0.2, 0.25) is 0 Å². The first-order chi connectivity index (χ1) is 7.96. The van der Waals surface area contributed by atoms with Gasteiger partial charge in [-0.1, -0.05) is 29.3 Å². The molecule has 0 radical (unpaired) electrons. The molecule has 0 aliphatic carbocycles. The highest BCUT2D eigenvalue weighted by Crippen LogP contribution is 2.24. The number of morpholine rings is 1. The Bertz CT molecular complexity index is 396. The van der Waals surface area contributed by atoms with Gasteiger partial charge in [0.05, 0.1) is 22.8 Å². The van der Waals surface area contributed by atoms with Gasteiger partial charge in [-0.05, 0) is 38.0 Å². The standard InChI is InChI=1S/C13H17Cl2NO/c1-13(2)8-17-10(7-16-13)5-9-3-4-11(14)12(15)6-9/h3-4,6,10,16H,5,7-8H2,1-2H3. The average molecular weight is 274 g/mol. The van der Waals surface area contributed by atoms with E-state index in [1.54, 1.807) is 0 Å². The van der Waals surface area contributed by atoms with E-state index in [9.17, 15) is 0 Å². The molecule has 1 atom stereocenters. The molecule has 2 rings (SSSR count). The molecule has 1 saturated heterocycles. The van der Waals surface area contributed by atoms with Crippen LogP contribution in [0.3, 0.4) is 0 Å². The Labute approximate surface area is 112 Å². The van der Waals surface area contributed by atoms with Crippen LogP contribution in [0.25, 0.3) is 0 Å². The first-order valence-electron chi connectivity index (χ1n) is 5.77. The number of halogens is 2. The second-order valence-electron chi connectivity index (χ2n) is 5.15. The van der Waals surface area contributed by atoms with Crippen molar-refractivity contribution in [2.45, 2.75) is 31.9 Å². The molecule has 1 unspecified atom stereocenters. The smallest absolute Gasteiger partial charge is 0.0740 e. The molecule has 0 saturated carbocycles. The highest BCUT2D eigenvalue weighted by atomic mass is 35.5. The van der Waals surface area contributed by atoms with Crippen LogP contribution in [-0.4, -0.2) is 24.8 Å². The zero-order valence-corrected chi connectivity index (χ0v) is 11.6. The maximum atomic E-state index is 5.99. The minimum absolute atomic E-state index is 0.0775. The molecule has 4 heteroatoms. The first-order valence-corrected chi connectivity index (χ1v) is 6.52. The lowest BCUT2D eigenvalue weighted by atomic mass is 10.0. The minimum Gasteiger partial charge on any atom is -0.375 e. The van der Waals surface area contributed by atoms with Crippen molar-refractivity contribution < 1.29 is 4.74 Å². The van der Waals surface area contributed by atoms with Crippen LogP contribution in [-0.2, 0) is 11.2 Å². The van der Waals surface area contributed by atoms with Crippen LogP contribution in [0.15, 0.2) is 18.2 Å². The average Bonchev–Trinajstić information content (AvgIpc) is 2.27. The molecular formula is C13H17Cl2NO. The van der Waals surface area contributed by atoms with Gasteiger partial charge in [-0.15, -0.1) is 0 Å². The van der Waals surface area contributed by atoms with Crippen molar-refractivity contribution in [3.63, 3.8) is 0 Å². The van der Waals surface area contributed by atoms with E-state index in [2.05, 4.69) is 19.2 Å². The summed E-state index contributed by atoms with van der Waals surface area (Å²) in [6.07, 6.45) is 1.07. The summed E-state index contributed by atoms with van der Waals surface area (Å²) in [6.45, 7) is 5.89. The molecule has 0 aromatic heterocycles. The van der Waals surface area contributed by atoms with E-state index in [0.717, 1.165) is 25.1 Å². The molecule has 1 heterocycles. The zero-order valence-electron chi connectivity index (χ0n) is 10.1. The fraction of sp³-hybridized carbons (Fsp3) is 0.538. The molecule has 1 aromatic carbocycles. The maximum absolute atomic E-state index is 5.99. The Hall–Kier alpha value is -0.280. The molecule has 1 fully saturated rings. The zero-order chi connectivity index (χ0) is 12.5. The van der Waals surface area contributed by atoms with E-state index in [-0.39, 0.29) is 11.6 Å². The minimum atomic E-state index is 0.0775. The third kappa shape index (κ3) is 3.59. The van der Waals surface area contributed by atoms with Gasteiger partial charge in [-0.25, -0.2) is 0 Å². The van der Waals surface area contributed by atoms with E-state index in [0.29, 0.717) is 10.0 Å². The summed E-state index contributed by atoms with van der Waals surface area (Å²) in [4.78, 5) is 0. The molecule has 94 valence electrons. The summed E-state index contributed by atoms with van der Waals surface area (Å²) >= 11 is 11.9. The van der Waals surface area contributed by atoms with E-state index in [1.165, 1.54) is 0 Å². The van der Waals surface area contributed by atoms with E-state index >= 15 is 0 Å². The van der Waals surface area contributed by atoms with Crippen LogP contribution in [0, 0.1) is 0 Å². The monoisotopic (exact) mass is 273 g/mol. The molecule has 17 heavy (non-hydrogen) atoms. The van der Waals surface area contributed by atoms with Crippen molar-refractivity contribution in [2.24, 2.45) is 0 Å². The van der Waals surface area contributed by atoms with Crippen LogP contribution >= 0.6 is 23.2 Å². The fourth-order valence-electron chi connectivity index (χ4n) is 1.89. The molecule has 2 nitrogen and oxygen atoms in total. The second kappa shape index (κ2) is 5.15. The predicted molar refractivity (Wildman–Crippen MR) is 72.0 cm³/mol. The summed E-state index contributed by atoms with van der Waals surface area (Å²) in [5, 5.41) is 4.67. The van der Waals surface area contributed by atoms with Crippen LogP contribution in [0.1, 0.15) is 19.4 Å². The van der Waals surface area contributed by atoms with E-state index < -0.39 is 0 Å². The summed E-state index contributed by atoms with van der Waals surface area (Å²) < 4.78 is 5.83. The van der Waals surface area contributed by atoms with Crippen molar-refractivity contribution in [3.8, 4) is 0 Å². The second-order valence-corrected chi connectivity index (χ2v) is 5.96. The topological polar surface area (TPSA) is 21.3 Å². The van der Waals surface area contributed by atoms with Crippen molar-refractivity contribution in [1.82, 2.24) is 5.32 Å². The Morgan fingerprint density at radius 3 is 2.71 bits per heavy atom. The molecule has 1 aromatic rings. The van der Waals surface area contributed by atoms with Gasteiger partial charge in [0.15, 0.2) is 0 Å². The summed E-state index contributed by atoms with van der Waals surface area (Å²) in [5.74, 6) is 0. The van der Waals surface area contributed by atoms with Crippen molar-refractivity contribution >= 4 is 23.2 Å². The van der Waals surface area contributed by atoms with Crippen LogP contribution in [0.2, 0.25) is 10.0 Å². The van der Waals surface area contributed by atoms with Crippen LogP contribution in [0.5, 0.6) is 0 Å². The highest BCUT2D eigenvalue weighted by molar-refractivity contribution is 6.42. The Balaban J connectivity index is 1.95. The van der Waals surface area contributed by atoms with E-state index in [1.807, 2.05) is 18.2 Å². The highest BCUT2D eigenvalue weighted by Gasteiger charge is 2.26. The van der Waals surface area contributed by atoms with Gasteiger partial charge in [-0.2, -0.15) is 0 Å². The van der Waals surface area contributed by atoms with Crippen LogP contribution < -0.4 is 5.32 Å². The van der Waals surface area contributed by atoms with Crippen molar-refractivity contribution in [1.29, 1.82) is 0 Å². The molecule has 0 amide bonds. The summed E-state index contributed by atoms with van der Waals surface area (Å²) in [7, 11) is 0. The molecule has 0 spiro atoms. The molecule has 1 aliphatic rings. The SMILES string of the molecule is CC1(C)COC(Cc2ccc(Cl)c(Cl)c2)CN1. The van der Waals surface area contributed by atoms with Crippen LogP contribution in [0.4, 0.5) is 0 Å². The Morgan fingerprint density at radius 1 is 1.35 bits per heavy atom. The quantitative estimate of drug-likeness (QED) is 0.893. The fourth-order valence-corrected chi connectivity index (χ4v) is 2.21. The van der Waals surface area contributed by atoms with Gasteiger partial charge in [-0.3, -0.25) is 0 Å². The lowest BCUT2D eigenvalue weighted by Crippen LogP contribution is -2.53. The molecular weight excluding hydrogens is 257 g/mol. The van der Waals surface area contributed by atoms with Gasteiger partial charge in [0.25, 0.3) is 0 Å². The number of hydrogen-bond acceptors (Lipinski definition) is 2. The maximum Gasteiger partial charge on any atom is 0.0740 e. The Kier molecular flexibility index (Phi) is 3.99. The van der Waals surface area contributed by atoms with E-state index in [4.69, 9.17) is 27.9 Å². The van der Waals surface area contributed by atoms with Crippen molar-refractivity contribution in [2.75, 3.05) is 13.2 Å². The predicted octanol–water partition coefficient (Wildman–Crippen LogP) is 3.30. The third-order valence-corrected chi connectivity index (χ3v) is 3.67. The lowest BCUT2D eigenvalue weighted by molar-refractivity contribution is -0.0206. The van der Waals surface area contributed by atoms with Gasteiger partial charge >= 0.3 is 0 Å². The Morgan fingerprint density at radius 2 is 2.12 bits per heavy atom. The summed E-state index contributed by atoms with van der Waals surface area (Å²) in [5.41, 5.74) is 1.24. The summed E-state index contributed by atoms with van der Waals surface area (Å²) in [6, 6.07) is 5.74. The van der Waals surface area contributed by atoms with Crippen molar-refractivity contribution in [3.05, 3.63) is 33.8 Å². The molecule has 0 bridgehead atoms. The molecule has 1 aliphatic heterocycles. The first kappa shape index (κ1) is 13.2. The largest absolute Gasteiger partial charge is 0.375 e. The number of rotatable bonds is 2. The number of benzene rings is 1. The van der Waals surface area contributed by atoms with Gasteiger partial charge in [0, 0.05) is 12.1 Å². The lowest BCUT2D eigenvalue weighted by Gasteiger charge is -2.36. The number of hydrogen-bond donors (Lipinski definition) is 1. The normalized spacial score (nSPS) is 23.6. The van der Waals surface area contributed by atoms with Gasteiger partial charge < -0.3 is 10.1 Å². The molecule has 1 N–H and O–H groups in total. The number of ether oxygens (including phenoxy) is 1.